The molecule has 0 spiro atoms. The molecule has 7 nitrogen and oxygen atoms in total. The number of rotatable bonds is 9. The second-order valence-corrected chi connectivity index (χ2v) is 20.0. The van der Waals surface area contributed by atoms with Crippen molar-refractivity contribution >= 4 is 70.8 Å². The molecule has 0 fully saturated rings. The third-order valence-corrected chi connectivity index (χ3v) is 19.7. The number of anilines is 3. The molecule has 0 aliphatic carbocycles. The quantitative estimate of drug-likeness (QED) is 0.278. The van der Waals surface area contributed by atoms with Crippen molar-refractivity contribution in [3.05, 3.63) is 53.1 Å². The summed E-state index contributed by atoms with van der Waals surface area (Å²) in [5, 5.41) is 4.50. The Hall–Kier alpha value is -1.97. The van der Waals surface area contributed by atoms with Gasteiger partial charge in [0.1, 0.15) is 0 Å². The molecule has 10 heteroatoms. The number of hydrogen-bond acceptors (Lipinski definition) is 4. The highest BCUT2D eigenvalue weighted by Gasteiger charge is 2.58. The van der Waals surface area contributed by atoms with Crippen LogP contribution in [0.3, 0.4) is 0 Å². The fourth-order valence-corrected chi connectivity index (χ4v) is 18.4. The highest BCUT2D eigenvalue weighted by Crippen LogP contribution is 2.68. The van der Waals surface area contributed by atoms with Gasteiger partial charge in [-0.25, -0.2) is 14.0 Å². The van der Waals surface area contributed by atoms with Crippen LogP contribution in [0.2, 0.25) is 0 Å². The molecular formula is C33H45N4O3P3. The fraction of sp³-hybridized carbons (Fsp3) is 0.455. The average Bonchev–Trinajstić information content (AvgIpc) is 2.98. The summed E-state index contributed by atoms with van der Waals surface area (Å²) in [6, 6.07) is 12.4. The van der Waals surface area contributed by atoms with Crippen LogP contribution in [-0.4, -0.2) is 53.3 Å². The molecule has 0 atom stereocenters. The summed E-state index contributed by atoms with van der Waals surface area (Å²) in [4.78, 5) is 2.22. The molecule has 0 amide bonds. The number of hydrogen-bond donors (Lipinski definition) is 0. The van der Waals surface area contributed by atoms with Gasteiger partial charge in [0, 0.05) is 39.3 Å². The van der Waals surface area contributed by atoms with Gasteiger partial charge in [0.15, 0.2) is 0 Å². The van der Waals surface area contributed by atoms with Gasteiger partial charge in [0.2, 0.25) is 21.9 Å². The topological polar surface area (TPSA) is 64.2 Å². The lowest BCUT2D eigenvalue weighted by atomic mass is 10.1. The molecule has 3 aliphatic rings. The maximum Gasteiger partial charge on any atom is 0.211 e. The van der Waals surface area contributed by atoms with E-state index in [1.54, 1.807) is 0 Å². The van der Waals surface area contributed by atoms with E-state index in [9.17, 15) is 0 Å². The normalized spacial score (nSPS) is 24.7. The van der Waals surface area contributed by atoms with Crippen LogP contribution in [0.1, 0.15) is 58.2 Å². The van der Waals surface area contributed by atoms with Crippen molar-refractivity contribution in [1.82, 2.24) is 14.0 Å². The molecule has 0 unspecified atom stereocenters. The van der Waals surface area contributed by atoms with Crippen molar-refractivity contribution in [2.75, 3.05) is 44.2 Å². The summed E-state index contributed by atoms with van der Waals surface area (Å²) in [6.07, 6.45) is 0. The lowest BCUT2D eigenvalue weighted by molar-refractivity contribution is 0.457. The zero-order valence-corrected chi connectivity index (χ0v) is 29.7. The number of aryl methyl sites for hydroxylation is 3. The Kier molecular flexibility index (Phi) is 7.61. The zero-order chi connectivity index (χ0) is 31.2. The van der Waals surface area contributed by atoms with E-state index in [2.05, 4.69) is 96.9 Å². The van der Waals surface area contributed by atoms with Gasteiger partial charge in [-0.2, -0.15) is 0 Å². The van der Waals surface area contributed by atoms with Crippen LogP contribution in [0, 0.1) is 20.8 Å². The van der Waals surface area contributed by atoms with Gasteiger partial charge in [-0.1, -0.05) is 41.5 Å². The van der Waals surface area contributed by atoms with E-state index in [0.717, 1.165) is 65.6 Å². The summed E-state index contributed by atoms with van der Waals surface area (Å²) in [7, 11) is -10.2. The first kappa shape index (κ1) is 31.0. The molecule has 3 heterocycles. The predicted octanol–water partition coefficient (Wildman–Crippen LogP) is 5.73. The second kappa shape index (κ2) is 10.5. The summed E-state index contributed by atoms with van der Waals surface area (Å²) in [6.45, 7) is 22.0. The van der Waals surface area contributed by atoms with E-state index in [1.807, 2.05) is 20.8 Å². The number of benzene rings is 3. The molecule has 3 aliphatic heterocycles. The highest BCUT2D eigenvalue weighted by atomic mass is 31.2. The van der Waals surface area contributed by atoms with Crippen LogP contribution >= 0.6 is 21.9 Å². The smallest absolute Gasteiger partial charge is 0.211 e. The molecule has 3 aromatic carbocycles. The van der Waals surface area contributed by atoms with Crippen molar-refractivity contribution in [3.8, 4) is 0 Å². The van der Waals surface area contributed by atoms with Crippen LogP contribution in [0.5, 0.6) is 0 Å². The Morgan fingerprint density at radius 3 is 0.791 bits per heavy atom. The van der Waals surface area contributed by atoms with Gasteiger partial charge in [0.05, 0.1) is 48.9 Å². The van der Waals surface area contributed by atoms with Crippen LogP contribution < -0.4 is 36.7 Å². The highest BCUT2D eigenvalue weighted by molar-refractivity contribution is 7.81. The molecule has 0 N–H and O–H groups in total. The van der Waals surface area contributed by atoms with E-state index < -0.39 is 21.9 Å². The minimum atomic E-state index is -3.41. The first-order chi connectivity index (χ1) is 20.4. The summed E-state index contributed by atoms with van der Waals surface area (Å²) in [5.41, 5.74) is 5.18. The van der Waals surface area contributed by atoms with Gasteiger partial charge >= 0.3 is 0 Å². The maximum atomic E-state index is 16.1. The largest absolute Gasteiger partial charge is 0.306 e. The Bertz CT molecular complexity index is 1510. The Balaban J connectivity index is 1.94. The summed E-state index contributed by atoms with van der Waals surface area (Å²) >= 11 is 0. The van der Waals surface area contributed by atoms with Crippen LogP contribution in [0.15, 0.2) is 36.4 Å². The summed E-state index contributed by atoms with van der Waals surface area (Å²) in [5.74, 6) is 0. The molecule has 6 rings (SSSR count). The lowest BCUT2D eigenvalue weighted by Crippen LogP contribution is -2.54. The van der Waals surface area contributed by atoms with E-state index in [1.165, 1.54) is 0 Å². The molecular weight excluding hydrogens is 593 g/mol. The van der Waals surface area contributed by atoms with Crippen LogP contribution in [0.25, 0.3) is 0 Å². The van der Waals surface area contributed by atoms with Crippen LogP contribution in [-0.2, 0) is 13.7 Å². The molecule has 43 heavy (non-hydrogen) atoms. The van der Waals surface area contributed by atoms with Gasteiger partial charge in [-0.05, 0) is 73.9 Å². The second-order valence-electron chi connectivity index (χ2n) is 11.9. The minimum absolute atomic E-state index is 0.599. The van der Waals surface area contributed by atoms with E-state index >= 15 is 13.7 Å². The van der Waals surface area contributed by atoms with Gasteiger partial charge in [-0.3, -0.25) is 13.7 Å². The minimum Gasteiger partial charge on any atom is -0.306 e. The molecule has 0 saturated heterocycles. The molecule has 0 bridgehead atoms. The first-order valence-corrected chi connectivity index (χ1v) is 20.7. The van der Waals surface area contributed by atoms with E-state index in [-0.39, 0.29) is 0 Å². The standard InChI is InChI=1S/C33H45N4O3P3/c1-10-34(11-2)41(38)25-16-22(7)18-27-31(25)37-32-26(41)17-23(8)19-28(32)43(40,36(14-5)15-6)30-21-24(9)20-29(33(30)37)42(27,39)35(12-3)13-4/h16-21H,10-15H2,1-9H3. The molecule has 3 aromatic rings. The zero-order valence-electron chi connectivity index (χ0n) is 27.1. The average molecular weight is 639 g/mol. The Morgan fingerprint density at radius 2 is 0.628 bits per heavy atom. The fourth-order valence-electron chi connectivity index (χ4n) is 7.80. The van der Waals surface area contributed by atoms with Crippen molar-refractivity contribution in [2.24, 2.45) is 0 Å². The molecule has 0 radical (unpaired) electrons. The molecule has 0 saturated carbocycles. The monoisotopic (exact) mass is 638 g/mol. The summed E-state index contributed by atoms with van der Waals surface area (Å²) < 4.78 is 54.4. The number of nitrogens with zero attached hydrogens (tertiary/aromatic N) is 4. The SMILES string of the molecule is CCN(CC)P1(=O)c2cc(C)cc3c2N2c4c1cc(C)cc4P(=O)(N(CC)CC)c1cc(C)cc(c12)P3(=O)N(CC)CC. The molecule has 230 valence electrons. The molecule has 0 aromatic heterocycles. The third kappa shape index (κ3) is 3.76. The van der Waals surface area contributed by atoms with Crippen molar-refractivity contribution < 1.29 is 13.7 Å². The first-order valence-electron chi connectivity index (χ1n) is 15.8. The van der Waals surface area contributed by atoms with Gasteiger partial charge in [-0.15, -0.1) is 0 Å². The Labute approximate surface area is 257 Å². The predicted molar refractivity (Wildman–Crippen MR) is 185 cm³/mol. The van der Waals surface area contributed by atoms with Crippen LogP contribution in [0.4, 0.5) is 17.1 Å². The third-order valence-electron chi connectivity index (χ3n) is 9.66. The van der Waals surface area contributed by atoms with Crippen molar-refractivity contribution in [2.45, 2.75) is 62.3 Å². The van der Waals surface area contributed by atoms with E-state index in [0.29, 0.717) is 39.3 Å². The van der Waals surface area contributed by atoms with Crippen molar-refractivity contribution in [3.63, 3.8) is 0 Å². The Morgan fingerprint density at radius 1 is 0.442 bits per heavy atom. The lowest BCUT2D eigenvalue weighted by Gasteiger charge is -2.52. The van der Waals surface area contributed by atoms with Gasteiger partial charge < -0.3 is 4.90 Å². The van der Waals surface area contributed by atoms with Gasteiger partial charge in [0.25, 0.3) is 0 Å². The van der Waals surface area contributed by atoms with Crippen molar-refractivity contribution in [1.29, 1.82) is 0 Å². The van der Waals surface area contributed by atoms with E-state index in [4.69, 9.17) is 0 Å². The maximum absolute atomic E-state index is 16.1.